The smallest absolute Gasteiger partial charge is 0.137 e. The molecule has 0 spiro atoms. The van der Waals surface area contributed by atoms with Crippen molar-refractivity contribution in [2.45, 2.75) is 39.2 Å². The minimum Gasteiger partial charge on any atom is -0.383 e. The Hall–Kier alpha value is -0.970. The number of nitrogen functional groups attached to an aromatic ring is 1. The standard InChI is InChI=1S/C13H24N4S/c1-9(2)11-12(14)15-8-16-13(11)17(4)10(3)6-7-18-5/h8-10H,6-7H2,1-5H3,(H2,14,15,16). The predicted octanol–water partition coefficient (Wildman–Crippen LogP) is 2.76. The zero-order valence-corrected chi connectivity index (χ0v) is 12.8. The van der Waals surface area contributed by atoms with E-state index in [4.69, 9.17) is 5.73 Å². The highest BCUT2D eigenvalue weighted by Gasteiger charge is 2.19. The molecule has 0 aliphatic carbocycles. The third-order valence-electron chi connectivity index (χ3n) is 3.21. The SMILES string of the molecule is CSCCC(C)N(C)c1ncnc(N)c1C(C)C. The summed E-state index contributed by atoms with van der Waals surface area (Å²) in [4.78, 5) is 10.7. The van der Waals surface area contributed by atoms with Crippen LogP contribution in [0.3, 0.4) is 0 Å². The zero-order chi connectivity index (χ0) is 13.7. The van der Waals surface area contributed by atoms with Gasteiger partial charge in [-0.1, -0.05) is 13.8 Å². The molecule has 0 amide bonds. The van der Waals surface area contributed by atoms with Crippen molar-refractivity contribution in [3.63, 3.8) is 0 Å². The minimum atomic E-state index is 0.330. The van der Waals surface area contributed by atoms with E-state index in [0.29, 0.717) is 17.8 Å². The molecule has 0 fully saturated rings. The molecule has 1 atom stereocenters. The highest BCUT2D eigenvalue weighted by atomic mass is 32.2. The van der Waals surface area contributed by atoms with Crippen LogP contribution in [0, 0.1) is 0 Å². The number of thioether (sulfide) groups is 1. The molecule has 0 radical (unpaired) electrons. The van der Waals surface area contributed by atoms with Gasteiger partial charge in [0.15, 0.2) is 0 Å². The first-order valence-electron chi connectivity index (χ1n) is 6.31. The second kappa shape index (κ2) is 6.83. The topological polar surface area (TPSA) is 55.0 Å². The van der Waals surface area contributed by atoms with Crippen molar-refractivity contribution in [3.8, 4) is 0 Å². The maximum atomic E-state index is 5.98. The van der Waals surface area contributed by atoms with Crippen molar-refractivity contribution in [2.75, 3.05) is 29.7 Å². The van der Waals surface area contributed by atoms with Gasteiger partial charge in [-0.05, 0) is 31.3 Å². The van der Waals surface area contributed by atoms with Crippen molar-refractivity contribution in [2.24, 2.45) is 0 Å². The van der Waals surface area contributed by atoms with E-state index in [-0.39, 0.29) is 0 Å². The predicted molar refractivity (Wildman–Crippen MR) is 81.4 cm³/mol. The van der Waals surface area contributed by atoms with Gasteiger partial charge in [0.1, 0.15) is 18.0 Å². The summed E-state index contributed by atoms with van der Waals surface area (Å²) in [6.45, 7) is 6.47. The van der Waals surface area contributed by atoms with Gasteiger partial charge in [-0.15, -0.1) is 0 Å². The first-order valence-corrected chi connectivity index (χ1v) is 7.70. The van der Waals surface area contributed by atoms with Crippen LogP contribution in [-0.2, 0) is 0 Å². The van der Waals surface area contributed by atoms with Crippen molar-refractivity contribution in [3.05, 3.63) is 11.9 Å². The number of aromatic nitrogens is 2. The molecule has 1 aromatic rings. The summed E-state index contributed by atoms with van der Waals surface area (Å²) in [5, 5.41) is 0. The molecule has 1 aromatic heterocycles. The van der Waals surface area contributed by atoms with E-state index in [1.807, 2.05) is 11.8 Å². The van der Waals surface area contributed by atoms with Gasteiger partial charge in [-0.25, -0.2) is 9.97 Å². The number of nitrogens with zero attached hydrogens (tertiary/aromatic N) is 3. The molecule has 5 heteroatoms. The van der Waals surface area contributed by atoms with E-state index in [9.17, 15) is 0 Å². The maximum Gasteiger partial charge on any atom is 0.137 e. The number of anilines is 2. The van der Waals surface area contributed by atoms with Crippen LogP contribution in [-0.4, -0.2) is 35.1 Å². The van der Waals surface area contributed by atoms with Crippen LogP contribution >= 0.6 is 11.8 Å². The van der Waals surface area contributed by atoms with Crippen molar-refractivity contribution in [1.82, 2.24) is 9.97 Å². The monoisotopic (exact) mass is 268 g/mol. The van der Waals surface area contributed by atoms with Crippen LogP contribution in [0.1, 0.15) is 38.7 Å². The Labute approximate surface area is 114 Å². The van der Waals surface area contributed by atoms with E-state index >= 15 is 0 Å². The Morgan fingerprint density at radius 1 is 1.33 bits per heavy atom. The molecule has 102 valence electrons. The van der Waals surface area contributed by atoms with Crippen LogP contribution in [0.5, 0.6) is 0 Å². The second-order valence-electron chi connectivity index (χ2n) is 4.89. The first-order chi connectivity index (χ1) is 8.49. The van der Waals surface area contributed by atoms with Crippen LogP contribution in [0.15, 0.2) is 6.33 Å². The van der Waals surface area contributed by atoms with Crippen molar-refractivity contribution in [1.29, 1.82) is 0 Å². The molecular weight excluding hydrogens is 244 g/mol. The summed E-state index contributed by atoms with van der Waals surface area (Å²) in [7, 11) is 2.08. The van der Waals surface area contributed by atoms with Crippen molar-refractivity contribution >= 4 is 23.4 Å². The average molecular weight is 268 g/mol. The number of hydrogen-bond donors (Lipinski definition) is 1. The third-order valence-corrected chi connectivity index (χ3v) is 3.85. The van der Waals surface area contributed by atoms with Crippen LogP contribution in [0.4, 0.5) is 11.6 Å². The van der Waals surface area contributed by atoms with E-state index in [1.54, 1.807) is 6.33 Å². The Balaban J connectivity index is 2.97. The highest BCUT2D eigenvalue weighted by Crippen LogP contribution is 2.29. The Morgan fingerprint density at radius 2 is 2.00 bits per heavy atom. The normalized spacial score (nSPS) is 12.8. The first kappa shape index (κ1) is 15.1. The fourth-order valence-corrected chi connectivity index (χ4v) is 2.50. The third kappa shape index (κ3) is 3.51. The lowest BCUT2D eigenvalue weighted by molar-refractivity contribution is 0.654. The molecule has 0 aliphatic heterocycles. The molecule has 0 aromatic carbocycles. The Kier molecular flexibility index (Phi) is 5.72. The van der Waals surface area contributed by atoms with E-state index in [2.05, 4.69) is 48.9 Å². The molecule has 1 unspecified atom stereocenters. The lowest BCUT2D eigenvalue weighted by Crippen LogP contribution is -2.31. The molecule has 4 nitrogen and oxygen atoms in total. The number of nitrogens with two attached hydrogens (primary N) is 1. The number of hydrogen-bond acceptors (Lipinski definition) is 5. The van der Waals surface area contributed by atoms with Crippen LogP contribution in [0.25, 0.3) is 0 Å². The molecule has 18 heavy (non-hydrogen) atoms. The van der Waals surface area contributed by atoms with E-state index < -0.39 is 0 Å². The Morgan fingerprint density at radius 3 is 2.56 bits per heavy atom. The summed E-state index contributed by atoms with van der Waals surface area (Å²) in [5.74, 6) is 3.05. The van der Waals surface area contributed by atoms with Gasteiger partial charge in [0.25, 0.3) is 0 Å². The van der Waals surface area contributed by atoms with Gasteiger partial charge >= 0.3 is 0 Å². The van der Waals surface area contributed by atoms with Gasteiger partial charge < -0.3 is 10.6 Å². The largest absolute Gasteiger partial charge is 0.383 e. The van der Waals surface area contributed by atoms with E-state index in [1.165, 1.54) is 0 Å². The van der Waals surface area contributed by atoms with Crippen LogP contribution < -0.4 is 10.6 Å². The lowest BCUT2D eigenvalue weighted by Gasteiger charge is -2.28. The van der Waals surface area contributed by atoms with Crippen LogP contribution in [0.2, 0.25) is 0 Å². The summed E-state index contributed by atoms with van der Waals surface area (Å²) in [6.07, 6.45) is 4.82. The van der Waals surface area contributed by atoms with Crippen molar-refractivity contribution < 1.29 is 0 Å². The lowest BCUT2D eigenvalue weighted by atomic mass is 10.0. The maximum absolute atomic E-state index is 5.98. The van der Waals surface area contributed by atoms with Gasteiger partial charge in [-0.2, -0.15) is 11.8 Å². The average Bonchev–Trinajstić information content (AvgIpc) is 2.34. The zero-order valence-electron chi connectivity index (χ0n) is 12.0. The van der Waals surface area contributed by atoms with Gasteiger partial charge in [0, 0.05) is 18.7 Å². The molecule has 0 bridgehead atoms. The van der Waals surface area contributed by atoms with Gasteiger partial charge in [-0.3, -0.25) is 0 Å². The fourth-order valence-electron chi connectivity index (χ4n) is 1.93. The quantitative estimate of drug-likeness (QED) is 0.859. The summed E-state index contributed by atoms with van der Waals surface area (Å²) in [5.41, 5.74) is 7.03. The fraction of sp³-hybridized carbons (Fsp3) is 0.692. The molecule has 1 rings (SSSR count). The molecular formula is C13H24N4S. The van der Waals surface area contributed by atoms with Gasteiger partial charge in [0.05, 0.1) is 0 Å². The molecule has 2 N–H and O–H groups in total. The Bertz CT molecular complexity index is 381. The summed E-state index contributed by atoms with van der Waals surface area (Å²) < 4.78 is 0. The minimum absolute atomic E-state index is 0.330. The molecule has 0 saturated carbocycles. The van der Waals surface area contributed by atoms with E-state index in [0.717, 1.165) is 23.6 Å². The van der Waals surface area contributed by atoms with Gasteiger partial charge in [0.2, 0.25) is 0 Å². The highest BCUT2D eigenvalue weighted by molar-refractivity contribution is 7.98. The summed E-state index contributed by atoms with van der Waals surface area (Å²) >= 11 is 1.87. The second-order valence-corrected chi connectivity index (χ2v) is 5.88. The molecule has 1 heterocycles. The molecule has 0 aliphatic rings. The number of rotatable bonds is 6. The summed E-state index contributed by atoms with van der Waals surface area (Å²) in [6, 6.07) is 0.448. The molecule has 0 saturated heterocycles.